The van der Waals surface area contributed by atoms with Gasteiger partial charge in [-0.05, 0) is 30.5 Å². The molecule has 3 rings (SSSR count). The van der Waals surface area contributed by atoms with Gasteiger partial charge in [0.1, 0.15) is 0 Å². The molecule has 21 heavy (non-hydrogen) atoms. The lowest BCUT2D eigenvalue weighted by atomic mass is 10.3. The van der Waals surface area contributed by atoms with Crippen molar-refractivity contribution in [3.05, 3.63) is 35.9 Å². The van der Waals surface area contributed by atoms with Crippen molar-refractivity contribution < 1.29 is 4.79 Å². The van der Waals surface area contributed by atoms with E-state index in [1.54, 1.807) is 26.5 Å². The predicted molar refractivity (Wildman–Crippen MR) is 80.3 cm³/mol. The van der Waals surface area contributed by atoms with Gasteiger partial charge in [0.25, 0.3) is 0 Å². The van der Waals surface area contributed by atoms with Crippen LogP contribution in [0.5, 0.6) is 0 Å². The van der Waals surface area contributed by atoms with E-state index in [-0.39, 0.29) is 6.03 Å². The van der Waals surface area contributed by atoms with Gasteiger partial charge >= 0.3 is 6.03 Å². The predicted octanol–water partition coefficient (Wildman–Crippen LogP) is 2.37. The zero-order chi connectivity index (χ0) is 14.8. The molecule has 0 N–H and O–H groups in total. The Morgan fingerprint density at radius 2 is 2.10 bits per heavy atom. The monoisotopic (exact) mass is 303 g/mol. The topological polar surface area (TPSA) is 63.9 Å². The van der Waals surface area contributed by atoms with Crippen LogP contribution in [-0.4, -0.2) is 44.8 Å². The molecule has 0 aliphatic heterocycles. The first-order valence-corrected chi connectivity index (χ1v) is 7.84. The molecular formula is C14H17N5OS. The number of pyridine rings is 1. The fourth-order valence-electron chi connectivity index (χ4n) is 1.86. The minimum Gasteiger partial charge on any atom is -0.329 e. The summed E-state index contributed by atoms with van der Waals surface area (Å²) in [6, 6.07) is 3.76. The first kappa shape index (κ1) is 14.1. The van der Waals surface area contributed by atoms with Crippen LogP contribution in [0.15, 0.2) is 29.7 Å². The van der Waals surface area contributed by atoms with Gasteiger partial charge in [-0.3, -0.25) is 4.98 Å². The molecular weight excluding hydrogens is 286 g/mol. The highest BCUT2D eigenvalue weighted by atomic mass is 32.2. The number of hydrogen-bond acceptors (Lipinski definition) is 5. The zero-order valence-corrected chi connectivity index (χ0v) is 12.9. The maximum absolute atomic E-state index is 12.2. The van der Waals surface area contributed by atoms with Gasteiger partial charge in [-0.15, -0.1) is 5.10 Å². The van der Waals surface area contributed by atoms with Crippen molar-refractivity contribution in [2.45, 2.75) is 29.7 Å². The van der Waals surface area contributed by atoms with E-state index in [2.05, 4.69) is 15.1 Å². The maximum Gasteiger partial charge on any atom is 0.346 e. The van der Waals surface area contributed by atoms with E-state index in [1.807, 2.05) is 12.1 Å². The standard InChI is InChI=1S/C14H17N5OS/c1-18(2)14(20)19-13(16-12(17-19)11-3-4-11)21-9-10-5-7-15-8-6-10/h5-8,11H,3-4,9H2,1-2H3. The van der Waals surface area contributed by atoms with Crippen LogP contribution in [-0.2, 0) is 5.75 Å². The van der Waals surface area contributed by atoms with Gasteiger partial charge in [-0.25, -0.2) is 9.78 Å². The molecule has 2 aromatic heterocycles. The third-order valence-corrected chi connectivity index (χ3v) is 4.22. The highest BCUT2D eigenvalue weighted by Crippen LogP contribution is 2.39. The van der Waals surface area contributed by atoms with Crippen LogP contribution in [0.1, 0.15) is 30.1 Å². The summed E-state index contributed by atoms with van der Waals surface area (Å²) in [6.07, 6.45) is 5.77. The number of carbonyl (C=O) groups excluding carboxylic acids is 1. The van der Waals surface area contributed by atoms with Gasteiger partial charge in [-0.2, -0.15) is 4.68 Å². The minimum absolute atomic E-state index is 0.161. The quantitative estimate of drug-likeness (QED) is 0.811. The average Bonchev–Trinajstić information content (AvgIpc) is 3.26. The van der Waals surface area contributed by atoms with Crippen molar-refractivity contribution in [3.63, 3.8) is 0 Å². The zero-order valence-electron chi connectivity index (χ0n) is 12.1. The minimum atomic E-state index is -0.161. The highest BCUT2D eigenvalue weighted by Gasteiger charge is 2.30. The second-order valence-electron chi connectivity index (χ2n) is 5.26. The van der Waals surface area contributed by atoms with Crippen LogP contribution in [0, 0.1) is 0 Å². The molecule has 6 nitrogen and oxygen atoms in total. The molecule has 2 heterocycles. The van der Waals surface area contributed by atoms with Gasteiger partial charge in [0.15, 0.2) is 11.0 Å². The Balaban J connectivity index is 1.80. The summed E-state index contributed by atoms with van der Waals surface area (Å²) >= 11 is 1.53. The SMILES string of the molecule is CN(C)C(=O)n1nc(C2CC2)nc1SCc1ccncc1. The molecule has 0 spiro atoms. The highest BCUT2D eigenvalue weighted by molar-refractivity contribution is 7.98. The summed E-state index contributed by atoms with van der Waals surface area (Å²) in [5.74, 6) is 1.97. The Labute approximate surface area is 127 Å². The first-order chi connectivity index (χ1) is 10.1. The van der Waals surface area contributed by atoms with E-state index in [0.717, 1.165) is 30.0 Å². The Kier molecular flexibility index (Phi) is 3.92. The van der Waals surface area contributed by atoms with E-state index in [9.17, 15) is 4.79 Å². The van der Waals surface area contributed by atoms with Crippen LogP contribution >= 0.6 is 11.8 Å². The summed E-state index contributed by atoms with van der Waals surface area (Å²) in [6.45, 7) is 0. The molecule has 7 heteroatoms. The molecule has 0 atom stereocenters. The fraction of sp³-hybridized carbons (Fsp3) is 0.429. The lowest BCUT2D eigenvalue weighted by molar-refractivity contribution is 0.213. The Morgan fingerprint density at radius 3 is 2.71 bits per heavy atom. The molecule has 2 aromatic rings. The second-order valence-corrected chi connectivity index (χ2v) is 6.20. The van der Waals surface area contributed by atoms with Crippen molar-refractivity contribution in [2.24, 2.45) is 0 Å². The number of thioether (sulfide) groups is 1. The molecule has 1 saturated carbocycles. The molecule has 110 valence electrons. The van der Waals surface area contributed by atoms with Crippen molar-refractivity contribution >= 4 is 17.8 Å². The van der Waals surface area contributed by atoms with Gasteiger partial charge in [0.2, 0.25) is 0 Å². The lowest BCUT2D eigenvalue weighted by Gasteiger charge is -2.10. The molecule has 0 radical (unpaired) electrons. The Morgan fingerprint density at radius 1 is 1.38 bits per heavy atom. The van der Waals surface area contributed by atoms with Crippen LogP contribution in [0.3, 0.4) is 0 Å². The largest absolute Gasteiger partial charge is 0.346 e. The summed E-state index contributed by atoms with van der Waals surface area (Å²) in [5, 5.41) is 5.05. The molecule has 1 aliphatic carbocycles. The molecule has 0 aromatic carbocycles. The summed E-state index contributed by atoms with van der Waals surface area (Å²) in [5.41, 5.74) is 1.15. The Bertz CT molecular complexity index is 636. The number of aromatic nitrogens is 4. The number of carbonyl (C=O) groups is 1. The van der Waals surface area contributed by atoms with E-state index < -0.39 is 0 Å². The normalized spacial score (nSPS) is 14.2. The number of amides is 1. The van der Waals surface area contributed by atoms with E-state index in [4.69, 9.17) is 0 Å². The summed E-state index contributed by atoms with van der Waals surface area (Å²) < 4.78 is 1.42. The fourth-order valence-corrected chi connectivity index (χ4v) is 2.75. The van der Waals surface area contributed by atoms with E-state index in [0.29, 0.717) is 11.1 Å². The smallest absolute Gasteiger partial charge is 0.329 e. The molecule has 1 aliphatic rings. The molecule has 0 unspecified atom stereocenters. The van der Waals surface area contributed by atoms with Crippen molar-refractivity contribution in [1.82, 2.24) is 24.6 Å². The number of hydrogen-bond donors (Lipinski definition) is 0. The van der Waals surface area contributed by atoms with Crippen molar-refractivity contribution in [1.29, 1.82) is 0 Å². The van der Waals surface area contributed by atoms with E-state index in [1.165, 1.54) is 21.3 Å². The van der Waals surface area contributed by atoms with Crippen LogP contribution < -0.4 is 0 Å². The number of nitrogens with zero attached hydrogens (tertiary/aromatic N) is 5. The third kappa shape index (κ3) is 3.24. The van der Waals surface area contributed by atoms with Gasteiger partial charge in [0, 0.05) is 38.2 Å². The maximum atomic E-state index is 12.2. The molecule has 0 bridgehead atoms. The molecule has 1 amide bonds. The number of rotatable bonds is 4. The first-order valence-electron chi connectivity index (χ1n) is 6.85. The van der Waals surface area contributed by atoms with E-state index >= 15 is 0 Å². The average molecular weight is 303 g/mol. The Hall–Kier alpha value is -1.89. The lowest BCUT2D eigenvalue weighted by Crippen LogP contribution is -2.28. The van der Waals surface area contributed by atoms with Crippen molar-refractivity contribution in [3.8, 4) is 0 Å². The summed E-state index contributed by atoms with van der Waals surface area (Å²) in [4.78, 5) is 22.3. The molecule has 1 fully saturated rings. The third-order valence-electron chi connectivity index (χ3n) is 3.22. The molecule has 0 saturated heterocycles. The van der Waals surface area contributed by atoms with Crippen LogP contribution in [0.4, 0.5) is 4.79 Å². The summed E-state index contributed by atoms with van der Waals surface area (Å²) in [7, 11) is 3.44. The second kappa shape index (κ2) is 5.85. The van der Waals surface area contributed by atoms with Crippen LogP contribution in [0.2, 0.25) is 0 Å². The van der Waals surface area contributed by atoms with Crippen LogP contribution in [0.25, 0.3) is 0 Å². The van der Waals surface area contributed by atoms with Crippen molar-refractivity contribution in [2.75, 3.05) is 14.1 Å². The van der Waals surface area contributed by atoms with Gasteiger partial charge in [0.05, 0.1) is 0 Å². The van der Waals surface area contributed by atoms with Gasteiger partial charge in [-0.1, -0.05) is 11.8 Å². The van der Waals surface area contributed by atoms with Gasteiger partial charge < -0.3 is 4.90 Å².